The number of Topliss-reactive ketones (excluding diaryl/α,β-unsaturated/α-hetero) is 1. The largest absolute Gasteiger partial charge is 0.464 e. The minimum absolute atomic E-state index is 0.142. The average molecular weight is 342 g/mol. The molecular formula is C17H30N2O5. The molecule has 0 aromatic carbocycles. The van der Waals surface area contributed by atoms with Crippen molar-refractivity contribution in [1.29, 1.82) is 0 Å². The first-order valence-electron chi connectivity index (χ1n) is 8.53. The summed E-state index contributed by atoms with van der Waals surface area (Å²) in [5, 5.41) is 0. The lowest BCUT2D eigenvalue weighted by Gasteiger charge is -2.42. The van der Waals surface area contributed by atoms with Crippen molar-refractivity contribution in [3.05, 3.63) is 0 Å². The van der Waals surface area contributed by atoms with Gasteiger partial charge in [0, 0.05) is 32.1 Å². The van der Waals surface area contributed by atoms with Crippen molar-refractivity contribution in [3.8, 4) is 0 Å². The Morgan fingerprint density at radius 3 is 2.25 bits per heavy atom. The lowest BCUT2D eigenvalue weighted by molar-refractivity contribution is -0.155. The maximum absolute atomic E-state index is 12.2. The topological polar surface area (TPSA) is 76.2 Å². The van der Waals surface area contributed by atoms with Gasteiger partial charge in [-0.25, -0.2) is 9.59 Å². The van der Waals surface area contributed by atoms with E-state index in [1.165, 1.54) is 0 Å². The predicted molar refractivity (Wildman–Crippen MR) is 89.7 cm³/mol. The molecule has 1 saturated heterocycles. The molecule has 0 saturated carbocycles. The third-order valence-electron chi connectivity index (χ3n) is 3.83. The van der Waals surface area contributed by atoms with Crippen LogP contribution >= 0.6 is 0 Å². The van der Waals surface area contributed by atoms with Gasteiger partial charge in [0.1, 0.15) is 5.60 Å². The van der Waals surface area contributed by atoms with E-state index in [2.05, 4.69) is 0 Å². The fourth-order valence-corrected chi connectivity index (χ4v) is 2.71. The van der Waals surface area contributed by atoms with E-state index in [4.69, 9.17) is 9.47 Å². The van der Waals surface area contributed by atoms with Crippen molar-refractivity contribution in [2.75, 3.05) is 26.2 Å². The first-order chi connectivity index (χ1) is 11.1. The normalized spacial score (nSPS) is 20.4. The van der Waals surface area contributed by atoms with Crippen molar-refractivity contribution in [2.45, 2.75) is 65.6 Å². The molecule has 1 heterocycles. The molecule has 0 spiro atoms. The summed E-state index contributed by atoms with van der Waals surface area (Å²) in [7, 11) is 0. The minimum Gasteiger partial charge on any atom is -0.464 e. The van der Waals surface area contributed by atoms with E-state index in [0.717, 1.165) is 0 Å². The molecule has 1 fully saturated rings. The molecule has 0 aromatic rings. The Balaban J connectivity index is 2.80. The van der Waals surface area contributed by atoms with E-state index in [0.29, 0.717) is 19.6 Å². The number of carbonyl (C=O) groups is 3. The van der Waals surface area contributed by atoms with Crippen LogP contribution in [0.2, 0.25) is 0 Å². The predicted octanol–water partition coefficient (Wildman–Crippen LogP) is 1.84. The van der Waals surface area contributed by atoms with Gasteiger partial charge in [-0.3, -0.25) is 9.69 Å². The standard InChI is InChI=1S/C17H30N2O5/c1-7-13(20)14(15(21)23-8-2)19-10-9-18(11-12(19)3)16(22)24-17(4,5)6/h12,14H,7-11H2,1-6H3. The van der Waals surface area contributed by atoms with Crippen LogP contribution in [0.4, 0.5) is 4.79 Å². The number of hydrogen-bond donors (Lipinski definition) is 0. The zero-order chi connectivity index (χ0) is 18.5. The van der Waals surface area contributed by atoms with Gasteiger partial charge in [0.05, 0.1) is 6.61 Å². The summed E-state index contributed by atoms with van der Waals surface area (Å²) in [5.41, 5.74) is -0.552. The van der Waals surface area contributed by atoms with Crippen LogP contribution < -0.4 is 0 Å². The van der Waals surface area contributed by atoms with Gasteiger partial charge in [0.15, 0.2) is 11.8 Å². The summed E-state index contributed by atoms with van der Waals surface area (Å²) >= 11 is 0. The zero-order valence-electron chi connectivity index (χ0n) is 15.6. The SMILES string of the molecule is CCOC(=O)C(C(=O)CC)N1CCN(C(=O)OC(C)(C)C)CC1C. The second-order valence-corrected chi connectivity index (χ2v) is 6.99. The van der Waals surface area contributed by atoms with Crippen molar-refractivity contribution in [2.24, 2.45) is 0 Å². The quantitative estimate of drug-likeness (QED) is 0.560. The number of carbonyl (C=O) groups excluding carboxylic acids is 3. The highest BCUT2D eigenvalue weighted by atomic mass is 16.6. The van der Waals surface area contributed by atoms with Gasteiger partial charge >= 0.3 is 12.1 Å². The van der Waals surface area contributed by atoms with Gasteiger partial charge in [0.25, 0.3) is 0 Å². The molecular weight excluding hydrogens is 312 g/mol. The molecule has 0 aliphatic carbocycles. The molecule has 2 atom stereocenters. The summed E-state index contributed by atoms with van der Waals surface area (Å²) < 4.78 is 10.4. The van der Waals surface area contributed by atoms with Crippen LogP contribution in [0, 0.1) is 0 Å². The van der Waals surface area contributed by atoms with Gasteiger partial charge in [-0.2, -0.15) is 0 Å². The lowest BCUT2D eigenvalue weighted by atomic mass is 10.0. The highest BCUT2D eigenvalue weighted by Crippen LogP contribution is 2.18. The lowest BCUT2D eigenvalue weighted by Crippen LogP contribution is -2.61. The van der Waals surface area contributed by atoms with Crippen LogP contribution in [0.15, 0.2) is 0 Å². The maximum atomic E-state index is 12.2. The van der Waals surface area contributed by atoms with E-state index in [1.54, 1.807) is 18.7 Å². The van der Waals surface area contributed by atoms with Crippen LogP contribution in [0.3, 0.4) is 0 Å². The number of rotatable bonds is 5. The summed E-state index contributed by atoms with van der Waals surface area (Å²) in [6.07, 6.45) is -0.105. The molecule has 24 heavy (non-hydrogen) atoms. The first kappa shape index (κ1) is 20.4. The Morgan fingerprint density at radius 1 is 1.17 bits per heavy atom. The number of ketones is 1. The molecule has 0 N–H and O–H groups in total. The summed E-state index contributed by atoms with van der Waals surface area (Å²) in [6, 6.07) is -1.04. The summed E-state index contributed by atoms with van der Waals surface area (Å²) in [6.45, 7) is 12.3. The molecule has 138 valence electrons. The molecule has 1 rings (SSSR count). The van der Waals surface area contributed by atoms with Gasteiger partial charge in [-0.15, -0.1) is 0 Å². The van der Waals surface area contributed by atoms with Crippen LogP contribution in [0.5, 0.6) is 0 Å². The Bertz CT molecular complexity index is 472. The fourth-order valence-electron chi connectivity index (χ4n) is 2.71. The molecule has 1 aliphatic heterocycles. The van der Waals surface area contributed by atoms with Crippen LogP contribution in [-0.4, -0.2) is 71.6 Å². The summed E-state index contributed by atoms with van der Waals surface area (Å²) in [4.78, 5) is 40.1. The van der Waals surface area contributed by atoms with E-state index >= 15 is 0 Å². The van der Waals surface area contributed by atoms with Crippen molar-refractivity contribution in [3.63, 3.8) is 0 Å². The summed E-state index contributed by atoms with van der Waals surface area (Å²) in [5.74, 6) is -0.673. The second kappa shape index (κ2) is 8.46. The molecule has 0 radical (unpaired) electrons. The van der Waals surface area contributed by atoms with Gasteiger partial charge < -0.3 is 14.4 Å². The molecule has 0 bridgehead atoms. The number of hydrogen-bond acceptors (Lipinski definition) is 6. The zero-order valence-corrected chi connectivity index (χ0v) is 15.6. The van der Waals surface area contributed by atoms with Crippen molar-refractivity contribution in [1.82, 2.24) is 9.80 Å². The van der Waals surface area contributed by atoms with E-state index < -0.39 is 17.6 Å². The number of nitrogens with zero attached hydrogens (tertiary/aromatic N) is 2. The van der Waals surface area contributed by atoms with Crippen LogP contribution in [0.25, 0.3) is 0 Å². The first-order valence-corrected chi connectivity index (χ1v) is 8.53. The smallest absolute Gasteiger partial charge is 0.410 e. The van der Waals surface area contributed by atoms with E-state index in [-0.39, 0.29) is 30.9 Å². The Labute approximate surface area is 144 Å². The monoisotopic (exact) mass is 342 g/mol. The Hall–Kier alpha value is -1.63. The van der Waals surface area contributed by atoms with Crippen molar-refractivity contribution < 1.29 is 23.9 Å². The third-order valence-corrected chi connectivity index (χ3v) is 3.83. The van der Waals surface area contributed by atoms with Gasteiger partial charge in [0.2, 0.25) is 0 Å². The average Bonchev–Trinajstić information content (AvgIpc) is 2.47. The van der Waals surface area contributed by atoms with Crippen LogP contribution in [0.1, 0.15) is 48.0 Å². The number of amides is 1. The maximum Gasteiger partial charge on any atom is 0.410 e. The molecule has 7 nitrogen and oxygen atoms in total. The van der Waals surface area contributed by atoms with Gasteiger partial charge in [-0.1, -0.05) is 6.92 Å². The van der Waals surface area contributed by atoms with E-state index in [9.17, 15) is 14.4 Å². The minimum atomic E-state index is -0.897. The molecule has 0 aromatic heterocycles. The van der Waals surface area contributed by atoms with Crippen LogP contribution in [-0.2, 0) is 19.1 Å². The van der Waals surface area contributed by atoms with Crippen molar-refractivity contribution >= 4 is 17.8 Å². The molecule has 2 unspecified atom stereocenters. The third kappa shape index (κ3) is 5.47. The van der Waals surface area contributed by atoms with E-state index in [1.807, 2.05) is 32.6 Å². The molecule has 1 amide bonds. The number of esters is 1. The van der Waals surface area contributed by atoms with Gasteiger partial charge in [-0.05, 0) is 34.6 Å². The fraction of sp³-hybridized carbons (Fsp3) is 0.824. The second-order valence-electron chi connectivity index (χ2n) is 6.99. The number of ether oxygens (including phenoxy) is 2. The number of piperazine rings is 1. The highest BCUT2D eigenvalue weighted by Gasteiger charge is 2.39. The Morgan fingerprint density at radius 2 is 1.79 bits per heavy atom. The Kier molecular flexibility index (Phi) is 7.20. The molecule has 7 heteroatoms. The highest BCUT2D eigenvalue weighted by molar-refractivity contribution is 6.03. The molecule has 1 aliphatic rings.